The van der Waals surface area contributed by atoms with Crippen molar-refractivity contribution in [2.75, 3.05) is 6.54 Å². The molecule has 1 unspecified atom stereocenters. The quantitative estimate of drug-likeness (QED) is 0.524. The van der Waals surface area contributed by atoms with Crippen molar-refractivity contribution >= 4 is 21.8 Å². The Balaban J connectivity index is 1.45. The molecule has 2 fully saturated rings. The minimum Gasteiger partial charge on any atom is -0.352 e. The van der Waals surface area contributed by atoms with Gasteiger partial charge in [-0.05, 0) is 62.5 Å². The molecule has 1 aromatic rings. The van der Waals surface area contributed by atoms with Crippen LogP contribution in [-0.4, -0.2) is 38.9 Å². The molecule has 0 saturated heterocycles. The summed E-state index contributed by atoms with van der Waals surface area (Å²) in [6.45, 7) is 4.29. The number of sulfonamides is 1. The van der Waals surface area contributed by atoms with Gasteiger partial charge in [-0.1, -0.05) is 44.9 Å². The molecule has 32 heavy (non-hydrogen) atoms. The molecule has 3 rings (SSSR count). The zero-order valence-corrected chi connectivity index (χ0v) is 20.0. The van der Waals surface area contributed by atoms with Crippen molar-refractivity contribution in [1.29, 1.82) is 0 Å². The van der Waals surface area contributed by atoms with Gasteiger partial charge in [0.05, 0.1) is 4.90 Å². The van der Waals surface area contributed by atoms with Crippen molar-refractivity contribution in [3.63, 3.8) is 0 Å². The Morgan fingerprint density at radius 2 is 1.59 bits per heavy atom. The minimum absolute atomic E-state index is 0.0177. The van der Waals surface area contributed by atoms with Crippen LogP contribution in [-0.2, 0) is 19.6 Å². The van der Waals surface area contributed by atoms with Crippen LogP contribution in [0.25, 0.3) is 0 Å². The normalized spacial score (nSPS) is 23.1. The Morgan fingerprint density at radius 3 is 2.19 bits per heavy atom. The molecule has 7 nitrogen and oxygen atoms in total. The predicted octanol–water partition coefficient (Wildman–Crippen LogP) is 2.97. The summed E-state index contributed by atoms with van der Waals surface area (Å²) in [6.07, 6.45) is 7.32. The average Bonchev–Trinajstić information content (AvgIpc) is 3.29. The summed E-state index contributed by atoms with van der Waals surface area (Å²) >= 11 is 0. The second-order valence-electron chi connectivity index (χ2n) is 9.60. The first-order chi connectivity index (χ1) is 15.3. The van der Waals surface area contributed by atoms with Crippen molar-refractivity contribution < 1.29 is 18.0 Å². The van der Waals surface area contributed by atoms with Gasteiger partial charge in [-0.15, -0.1) is 0 Å². The highest BCUT2D eigenvalue weighted by atomic mass is 32.2. The molecule has 2 saturated carbocycles. The second-order valence-corrected chi connectivity index (χ2v) is 11.4. The summed E-state index contributed by atoms with van der Waals surface area (Å²) in [4.78, 5) is 25.8. The zero-order valence-electron chi connectivity index (χ0n) is 19.2. The maximum absolute atomic E-state index is 12.9. The number of hydrogen-bond acceptors (Lipinski definition) is 4. The first-order valence-electron chi connectivity index (χ1n) is 11.9. The molecule has 2 amide bonds. The van der Waals surface area contributed by atoms with Gasteiger partial charge in [0.15, 0.2) is 0 Å². The van der Waals surface area contributed by atoms with E-state index in [0.29, 0.717) is 19.4 Å². The molecule has 3 N–H and O–H groups in total. The third-order valence-corrected chi connectivity index (χ3v) is 8.22. The molecule has 0 spiro atoms. The van der Waals surface area contributed by atoms with E-state index in [9.17, 15) is 18.0 Å². The van der Waals surface area contributed by atoms with Crippen LogP contribution >= 0.6 is 0 Å². The molecule has 0 aliphatic heterocycles. The van der Waals surface area contributed by atoms with Crippen LogP contribution < -0.4 is 15.4 Å². The number of carbonyl (C=O) groups excluding carboxylic acids is 2. The highest BCUT2D eigenvalue weighted by Crippen LogP contribution is 2.29. The standard InChI is InChI=1S/C24H37N3O4S/c1-17(2)22(24(29)26-20-8-6-7-9-20)27-23(28)19-14-12-18(13-15-19)16-25-32(30,31)21-10-4-3-5-11-21/h3-5,10-11,17-20,22,25H,6-9,12-16H2,1-2H3,(H,26,29)(H,27,28). The summed E-state index contributed by atoms with van der Waals surface area (Å²) in [5.41, 5.74) is 0. The average molecular weight is 464 g/mol. The van der Waals surface area contributed by atoms with Gasteiger partial charge in [-0.25, -0.2) is 13.1 Å². The third kappa shape index (κ3) is 6.78. The lowest BCUT2D eigenvalue weighted by atomic mass is 9.81. The van der Waals surface area contributed by atoms with Crippen molar-refractivity contribution in [2.45, 2.75) is 82.2 Å². The Kier molecular flexibility index (Phi) is 8.71. The SMILES string of the molecule is CC(C)C(NC(=O)C1CCC(CNS(=O)(=O)c2ccccc2)CC1)C(=O)NC1CCCC1. The van der Waals surface area contributed by atoms with Crippen LogP contribution in [0.2, 0.25) is 0 Å². The molecule has 2 aliphatic rings. The number of amides is 2. The van der Waals surface area contributed by atoms with Crippen molar-refractivity contribution in [3.05, 3.63) is 30.3 Å². The van der Waals surface area contributed by atoms with Gasteiger partial charge in [-0.3, -0.25) is 9.59 Å². The van der Waals surface area contributed by atoms with E-state index in [-0.39, 0.29) is 40.5 Å². The zero-order chi connectivity index (χ0) is 23.1. The number of carbonyl (C=O) groups is 2. The second kappa shape index (κ2) is 11.3. The van der Waals surface area contributed by atoms with E-state index in [4.69, 9.17) is 0 Å². The van der Waals surface area contributed by atoms with Gasteiger partial charge < -0.3 is 10.6 Å². The van der Waals surface area contributed by atoms with Crippen LogP contribution in [0, 0.1) is 17.8 Å². The van der Waals surface area contributed by atoms with Gasteiger partial charge in [0.2, 0.25) is 21.8 Å². The van der Waals surface area contributed by atoms with E-state index in [2.05, 4.69) is 15.4 Å². The first kappa shape index (κ1) is 24.7. The summed E-state index contributed by atoms with van der Waals surface area (Å²) in [6, 6.07) is 8.07. The maximum Gasteiger partial charge on any atom is 0.243 e. The smallest absolute Gasteiger partial charge is 0.243 e. The van der Waals surface area contributed by atoms with E-state index >= 15 is 0 Å². The van der Waals surface area contributed by atoms with Gasteiger partial charge in [0.1, 0.15) is 6.04 Å². The number of benzene rings is 1. The summed E-state index contributed by atoms with van der Waals surface area (Å²) in [7, 11) is -3.51. The fraction of sp³-hybridized carbons (Fsp3) is 0.667. The van der Waals surface area contributed by atoms with Crippen LogP contribution in [0.15, 0.2) is 35.2 Å². The monoisotopic (exact) mass is 463 g/mol. The summed E-state index contributed by atoms with van der Waals surface area (Å²) < 4.78 is 27.5. The van der Waals surface area contributed by atoms with Crippen LogP contribution in [0.3, 0.4) is 0 Å². The van der Waals surface area contributed by atoms with E-state index in [1.54, 1.807) is 30.3 Å². The molecule has 1 aromatic carbocycles. The van der Waals surface area contributed by atoms with Crippen LogP contribution in [0.4, 0.5) is 0 Å². The fourth-order valence-corrected chi connectivity index (χ4v) is 5.84. The molecule has 2 aliphatic carbocycles. The van der Waals surface area contributed by atoms with Crippen molar-refractivity contribution in [2.24, 2.45) is 17.8 Å². The lowest BCUT2D eigenvalue weighted by Crippen LogP contribution is -2.53. The molecule has 0 aromatic heterocycles. The Morgan fingerprint density at radius 1 is 0.969 bits per heavy atom. The van der Waals surface area contributed by atoms with Crippen molar-refractivity contribution in [3.8, 4) is 0 Å². The lowest BCUT2D eigenvalue weighted by molar-refractivity contribution is -0.133. The van der Waals surface area contributed by atoms with Gasteiger partial charge >= 0.3 is 0 Å². The molecule has 0 heterocycles. The maximum atomic E-state index is 12.9. The predicted molar refractivity (Wildman–Crippen MR) is 124 cm³/mol. The molecule has 0 radical (unpaired) electrons. The van der Waals surface area contributed by atoms with Crippen LogP contribution in [0.1, 0.15) is 65.2 Å². The Labute approximate surface area is 192 Å². The fourth-order valence-electron chi connectivity index (χ4n) is 4.71. The highest BCUT2D eigenvalue weighted by molar-refractivity contribution is 7.89. The topological polar surface area (TPSA) is 104 Å². The molecule has 0 bridgehead atoms. The molecule has 1 atom stereocenters. The Hall–Kier alpha value is -1.93. The summed E-state index contributed by atoms with van der Waals surface area (Å²) in [5, 5.41) is 6.09. The highest BCUT2D eigenvalue weighted by Gasteiger charge is 2.32. The third-order valence-electron chi connectivity index (χ3n) is 6.78. The lowest BCUT2D eigenvalue weighted by Gasteiger charge is -2.30. The number of nitrogens with one attached hydrogen (secondary N) is 3. The van der Waals surface area contributed by atoms with E-state index in [1.807, 2.05) is 13.8 Å². The van der Waals surface area contributed by atoms with Gasteiger partial charge in [0, 0.05) is 18.5 Å². The van der Waals surface area contributed by atoms with Gasteiger partial charge in [-0.2, -0.15) is 0 Å². The van der Waals surface area contributed by atoms with Gasteiger partial charge in [0.25, 0.3) is 0 Å². The first-order valence-corrected chi connectivity index (χ1v) is 13.4. The number of rotatable bonds is 9. The molecule has 8 heteroatoms. The Bertz CT molecular complexity index is 858. The number of hydrogen-bond donors (Lipinski definition) is 3. The largest absolute Gasteiger partial charge is 0.352 e. The van der Waals surface area contributed by atoms with Crippen LogP contribution in [0.5, 0.6) is 0 Å². The molecule has 178 valence electrons. The summed E-state index contributed by atoms with van der Waals surface area (Å²) in [5.74, 6) is -0.0384. The molecular formula is C24H37N3O4S. The van der Waals surface area contributed by atoms with Crippen molar-refractivity contribution in [1.82, 2.24) is 15.4 Å². The minimum atomic E-state index is -3.51. The van der Waals surface area contributed by atoms with E-state index < -0.39 is 16.1 Å². The van der Waals surface area contributed by atoms with E-state index in [0.717, 1.165) is 38.5 Å². The van der Waals surface area contributed by atoms with E-state index in [1.165, 1.54) is 0 Å². The molecular weight excluding hydrogens is 426 g/mol.